The lowest BCUT2D eigenvalue weighted by molar-refractivity contribution is -0.134. The minimum Gasteiger partial charge on any atom is -0.493 e. The lowest BCUT2D eigenvalue weighted by Crippen LogP contribution is -2.46. The summed E-state index contributed by atoms with van der Waals surface area (Å²) in [5.41, 5.74) is 0.936. The van der Waals surface area contributed by atoms with Gasteiger partial charge in [-0.25, -0.2) is 0 Å². The van der Waals surface area contributed by atoms with Crippen molar-refractivity contribution in [2.24, 2.45) is 0 Å². The van der Waals surface area contributed by atoms with Crippen LogP contribution in [0, 0.1) is 0 Å². The Balaban J connectivity index is 1.70. The highest BCUT2D eigenvalue weighted by Crippen LogP contribution is 2.28. The van der Waals surface area contributed by atoms with Gasteiger partial charge in [-0.2, -0.15) is 5.10 Å². The lowest BCUT2D eigenvalue weighted by atomic mass is 10.0. The third kappa shape index (κ3) is 4.13. The summed E-state index contributed by atoms with van der Waals surface area (Å²) in [5.74, 6) is 1.48. The van der Waals surface area contributed by atoms with Crippen molar-refractivity contribution in [3.8, 4) is 11.5 Å². The maximum atomic E-state index is 12.9. The van der Waals surface area contributed by atoms with Gasteiger partial charge in [-0.05, 0) is 43.0 Å². The molecule has 134 valence electrons. The second-order valence-corrected chi connectivity index (χ2v) is 6.33. The number of carbonyl (C=O) groups is 1. The van der Waals surface area contributed by atoms with Gasteiger partial charge in [-0.15, -0.1) is 0 Å². The molecule has 1 aromatic heterocycles. The third-order valence-corrected chi connectivity index (χ3v) is 4.71. The van der Waals surface area contributed by atoms with E-state index in [1.54, 1.807) is 20.4 Å². The largest absolute Gasteiger partial charge is 0.493 e. The van der Waals surface area contributed by atoms with Crippen molar-refractivity contribution >= 4 is 5.91 Å². The van der Waals surface area contributed by atoms with Gasteiger partial charge in [0.25, 0.3) is 0 Å². The summed E-state index contributed by atoms with van der Waals surface area (Å²) in [5, 5.41) is 4.28. The highest BCUT2D eigenvalue weighted by Gasteiger charge is 2.27. The first-order chi connectivity index (χ1) is 12.2. The van der Waals surface area contributed by atoms with Gasteiger partial charge in [0.05, 0.1) is 33.2 Å². The van der Waals surface area contributed by atoms with Crippen molar-refractivity contribution in [2.45, 2.75) is 38.3 Å². The molecule has 6 nitrogen and oxygen atoms in total. The molecular weight excluding hydrogens is 318 g/mol. The zero-order valence-corrected chi connectivity index (χ0v) is 14.9. The van der Waals surface area contributed by atoms with Gasteiger partial charge in [0.2, 0.25) is 5.91 Å². The molecule has 1 fully saturated rings. The highest BCUT2D eigenvalue weighted by atomic mass is 16.5. The van der Waals surface area contributed by atoms with E-state index < -0.39 is 0 Å². The Hall–Kier alpha value is -2.50. The molecule has 2 heterocycles. The first-order valence-electron chi connectivity index (χ1n) is 8.69. The maximum absolute atomic E-state index is 12.9. The summed E-state index contributed by atoms with van der Waals surface area (Å²) < 4.78 is 12.5. The van der Waals surface area contributed by atoms with E-state index >= 15 is 0 Å². The van der Waals surface area contributed by atoms with E-state index in [2.05, 4.69) is 5.10 Å². The van der Waals surface area contributed by atoms with E-state index in [9.17, 15) is 4.79 Å². The average Bonchev–Trinajstić information content (AvgIpc) is 3.15. The van der Waals surface area contributed by atoms with Crippen LogP contribution in [0.15, 0.2) is 36.7 Å². The highest BCUT2D eigenvalue weighted by molar-refractivity contribution is 5.79. The summed E-state index contributed by atoms with van der Waals surface area (Å²) in [6.45, 7) is 1.57. The monoisotopic (exact) mass is 343 g/mol. The second kappa shape index (κ2) is 8.05. The molecular formula is C19H25N3O3. The number of benzene rings is 1. The minimum absolute atomic E-state index is 0.157. The number of hydrogen-bond donors (Lipinski definition) is 0. The lowest BCUT2D eigenvalue weighted by Gasteiger charge is -2.36. The van der Waals surface area contributed by atoms with E-state index in [-0.39, 0.29) is 11.9 Å². The molecule has 0 spiro atoms. The predicted molar refractivity (Wildman–Crippen MR) is 94.8 cm³/mol. The molecule has 6 heteroatoms. The van der Waals surface area contributed by atoms with Crippen LogP contribution >= 0.6 is 0 Å². The molecule has 2 aromatic rings. The fraction of sp³-hybridized carbons (Fsp3) is 0.474. The first-order valence-corrected chi connectivity index (χ1v) is 8.69. The summed E-state index contributed by atoms with van der Waals surface area (Å²) in [6.07, 6.45) is 7.34. The number of amides is 1. The van der Waals surface area contributed by atoms with Crippen molar-refractivity contribution in [1.29, 1.82) is 0 Å². The molecule has 0 radical (unpaired) electrons. The van der Waals surface area contributed by atoms with E-state index in [0.717, 1.165) is 37.9 Å². The first kappa shape index (κ1) is 17.3. The van der Waals surface area contributed by atoms with Crippen LogP contribution in [0.2, 0.25) is 0 Å². The molecule has 0 unspecified atom stereocenters. The van der Waals surface area contributed by atoms with Gasteiger partial charge < -0.3 is 14.4 Å². The van der Waals surface area contributed by atoms with Crippen LogP contribution in [-0.2, 0) is 17.8 Å². The van der Waals surface area contributed by atoms with Crippen LogP contribution < -0.4 is 9.47 Å². The molecule has 1 aliphatic rings. The molecule has 0 aliphatic carbocycles. The van der Waals surface area contributed by atoms with Crippen molar-refractivity contribution in [3.63, 3.8) is 0 Å². The second-order valence-electron chi connectivity index (χ2n) is 6.33. The molecule has 3 rings (SSSR count). The van der Waals surface area contributed by atoms with E-state index in [1.807, 2.05) is 40.0 Å². The summed E-state index contributed by atoms with van der Waals surface area (Å²) in [7, 11) is 3.21. The van der Waals surface area contributed by atoms with Gasteiger partial charge in [0.1, 0.15) is 0 Å². The number of rotatable bonds is 6. The zero-order chi connectivity index (χ0) is 17.6. The summed E-state index contributed by atoms with van der Waals surface area (Å²) in [6, 6.07) is 7.77. The number of methoxy groups -OCH3 is 2. The Labute approximate surface area is 148 Å². The van der Waals surface area contributed by atoms with Gasteiger partial charge in [0, 0.05) is 18.9 Å². The van der Waals surface area contributed by atoms with E-state index in [0.29, 0.717) is 17.9 Å². The molecule has 1 aromatic carbocycles. The normalized spacial score (nSPS) is 17.4. The van der Waals surface area contributed by atoms with E-state index in [1.165, 1.54) is 0 Å². The maximum Gasteiger partial charge on any atom is 0.227 e. The van der Waals surface area contributed by atoms with Crippen molar-refractivity contribution < 1.29 is 14.3 Å². The zero-order valence-electron chi connectivity index (χ0n) is 14.9. The Morgan fingerprint density at radius 1 is 1.24 bits per heavy atom. The number of aromatic nitrogens is 2. The van der Waals surface area contributed by atoms with Gasteiger partial charge in [-0.3, -0.25) is 9.48 Å². The number of likely N-dealkylation sites (tertiary alicyclic amines) is 1. The molecule has 25 heavy (non-hydrogen) atoms. The van der Waals surface area contributed by atoms with Crippen LogP contribution in [0.1, 0.15) is 24.8 Å². The molecule has 1 aliphatic heterocycles. The van der Waals surface area contributed by atoms with Crippen molar-refractivity contribution in [3.05, 3.63) is 42.2 Å². The van der Waals surface area contributed by atoms with Gasteiger partial charge in [0.15, 0.2) is 11.5 Å². The molecule has 1 amide bonds. The topological polar surface area (TPSA) is 56.6 Å². The summed E-state index contributed by atoms with van der Waals surface area (Å²) in [4.78, 5) is 14.9. The smallest absolute Gasteiger partial charge is 0.227 e. The Bertz CT molecular complexity index is 700. The summed E-state index contributed by atoms with van der Waals surface area (Å²) >= 11 is 0. The fourth-order valence-corrected chi connectivity index (χ4v) is 3.41. The van der Waals surface area contributed by atoms with Gasteiger partial charge in [-0.1, -0.05) is 6.07 Å². The quantitative estimate of drug-likeness (QED) is 0.809. The Kier molecular flexibility index (Phi) is 5.58. The SMILES string of the molecule is COc1ccc(CC(=O)N2CCCC[C@@H]2Cn2cccn2)cc1OC. The van der Waals surface area contributed by atoms with Crippen LogP contribution in [0.25, 0.3) is 0 Å². The van der Waals surface area contributed by atoms with Gasteiger partial charge >= 0.3 is 0 Å². The number of nitrogens with zero attached hydrogens (tertiary/aromatic N) is 3. The minimum atomic E-state index is 0.157. The molecule has 0 saturated carbocycles. The number of ether oxygens (including phenoxy) is 2. The standard InChI is InChI=1S/C19H25N3O3/c1-24-17-8-7-15(12-18(17)25-2)13-19(23)22-11-4-3-6-16(22)14-21-10-5-9-20-21/h5,7-10,12,16H,3-4,6,11,13-14H2,1-2H3/t16-/m1/s1. The van der Waals surface area contributed by atoms with Crippen LogP contribution in [0.5, 0.6) is 11.5 Å². The van der Waals surface area contributed by atoms with Crippen molar-refractivity contribution in [2.75, 3.05) is 20.8 Å². The van der Waals surface area contributed by atoms with Crippen LogP contribution in [0.3, 0.4) is 0 Å². The molecule has 1 atom stereocenters. The predicted octanol–water partition coefficient (Wildman–Crippen LogP) is 2.52. The average molecular weight is 343 g/mol. The molecule has 0 N–H and O–H groups in total. The number of piperidine rings is 1. The van der Waals surface area contributed by atoms with Crippen molar-refractivity contribution in [1.82, 2.24) is 14.7 Å². The van der Waals surface area contributed by atoms with Crippen LogP contribution in [0.4, 0.5) is 0 Å². The molecule has 0 bridgehead atoms. The number of hydrogen-bond acceptors (Lipinski definition) is 4. The Morgan fingerprint density at radius 2 is 2.08 bits per heavy atom. The third-order valence-electron chi connectivity index (χ3n) is 4.71. The Morgan fingerprint density at radius 3 is 2.80 bits per heavy atom. The van der Waals surface area contributed by atoms with Crippen LogP contribution in [-0.4, -0.2) is 47.4 Å². The molecule has 1 saturated heterocycles. The number of carbonyl (C=O) groups excluding carboxylic acids is 1. The van der Waals surface area contributed by atoms with E-state index in [4.69, 9.17) is 9.47 Å². The fourth-order valence-electron chi connectivity index (χ4n) is 3.41.